The molecule has 28 heavy (non-hydrogen) atoms. The van der Waals surface area contributed by atoms with Gasteiger partial charge in [-0.3, -0.25) is 4.90 Å². The molecule has 3 aromatic rings. The molecule has 6 heteroatoms. The van der Waals surface area contributed by atoms with E-state index >= 15 is 0 Å². The minimum absolute atomic E-state index is 0.392. The van der Waals surface area contributed by atoms with E-state index in [9.17, 15) is 5.11 Å². The molecule has 0 bridgehead atoms. The van der Waals surface area contributed by atoms with Gasteiger partial charge in [0, 0.05) is 56.4 Å². The van der Waals surface area contributed by atoms with Crippen LogP contribution in [0.4, 0.5) is 11.5 Å². The number of aryl methyl sites for hydroxylation is 1. The van der Waals surface area contributed by atoms with Gasteiger partial charge in [-0.25, -0.2) is 9.97 Å². The highest BCUT2D eigenvalue weighted by Crippen LogP contribution is 2.33. The minimum Gasteiger partial charge on any atom is -0.507 e. The van der Waals surface area contributed by atoms with Crippen molar-refractivity contribution in [3.05, 3.63) is 53.9 Å². The molecule has 1 N–H and O–H groups in total. The summed E-state index contributed by atoms with van der Waals surface area (Å²) in [7, 11) is 4.17. The molecular formula is C22H27N5O. The molecule has 1 aromatic heterocycles. The maximum Gasteiger partial charge on any atom is 0.144 e. The Kier molecular flexibility index (Phi) is 5.15. The zero-order valence-corrected chi connectivity index (χ0v) is 16.8. The van der Waals surface area contributed by atoms with Gasteiger partial charge < -0.3 is 14.9 Å². The van der Waals surface area contributed by atoms with Gasteiger partial charge in [-0.15, -0.1) is 0 Å². The third-order valence-corrected chi connectivity index (χ3v) is 5.58. The summed E-state index contributed by atoms with van der Waals surface area (Å²) in [6, 6.07) is 12.1. The molecule has 0 spiro atoms. The minimum atomic E-state index is 0.392. The molecule has 0 amide bonds. The fourth-order valence-corrected chi connectivity index (χ4v) is 3.77. The number of para-hydroxylation sites is 1. The van der Waals surface area contributed by atoms with Crippen LogP contribution in [0.5, 0.6) is 5.75 Å². The average molecular weight is 377 g/mol. The Labute approximate surface area is 166 Å². The molecule has 6 nitrogen and oxygen atoms in total. The number of likely N-dealkylation sites (N-methyl/N-ethyl adjacent to an activating group) is 1. The van der Waals surface area contributed by atoms with E-state index in [-0.39, 0.29) is 0 Å². The highest BCUT2D eigenvalue weighted by atomic mass is 16.3. The lowest BCUT2D eigenvalue weighted by atomic mass is 10.1. The molecule has 1 saturated heterocycles. The zero-order valence-electron chi connectivity index (χ0n) is 16.8. The SMILES string of the molecule is Cc1cc(N(C)c2ncnc3ccccc23)cc(CN2CCN(C)CC2)c1O. The summed E-state index contributed by atoms with van der Waals surface area (Å²) in [5, 5.41) is 11.7. The lowest BCUT2D eigenvalue weighted by Gasteiger charge is -2.32. The molecule has 0 aliphatic carbocycles. The number of aromatic nitrogens is 2. The fourth-order valence-electron chi connectivity index (χ4n) is 3.77. The van der Waals surface area contributed by atoms with E-state index in [0.717, 1.165) is 66.3 Å². The number of piperazine rings is 1. The van der Waals surface area contributed by atoms with Crippen LogP contribution in [0.1, 0.15) is 11.1 Å². The number of aromatic hydroxyl groups is 1. The summed E-state index contributed by atoms with van der Waals surface area (Å²) in [4.78, 5) is 15.7. The van der Waals surface area contributed by atoms with Gasteiger partial charge in [-0.05, 0) is 43.8 Å². The van der Waals surface area contributed by atoms with Crippen molar-refractivity contribution in [3.8, 4) is 5.75 Å². The Bertz CT molecular complexity index is 977. The number of benzene rings is 2. The summed E-state index contributed by atoms with van der Waals surface area (Å²) in [6.07, 6.45) is 1.60. The Morgan fingerprint density at radius 3 is 2.61 bits per heavy atom. The normalized spacial score (nSPS) is 15.8. The second-order valence-electron chi connectivity index (χ2n) is 7.62. The van der Waals surface area contributed by atoms with E-state index in [1.165, 1.54) is 0 Å². The van der Waals surface area contributed by atoms with E-state index in [1.807, 2.05) is 44.3 Å². The standard InChI is InChI=1S/C22H27N5O/c1-16-12-18(13-17(21(16)28)14-27-10-8-25(2)9-11-27)26(3)22-19-6-4-5-7-20(19)23-15-24-22/h4-7,12-13,15,28H,8-11,14H2,1-3H3. The summed E-state index contributed by atoms with van der Waals surface area (Å²) in [5.41, 5.74) is 3.78. The molecule has 0 radical (unpaired) electrons. The first-order valence-electron chi connectivity index (χ1n) is 9.70. The summed E-state index contributed by atoms with van der Waals surface area (Å²) in [5.74, 6) is 1.25. The summed E-state index contributed by atoms with van der Waals surface area (Å²) < 4.78 is 0. The highest BCUT2D eigenvalue weighted by molar-refractivity contribution is 5.91. The van der Waals surface area contributed by atoms with Crippen LogP contribution in [0, 0.1) is 6.92 Å². The van der Waals surface area contributed by atoms with Crippen LogP contribution >= 0.6 is 0 Å². The van der Waals surface area contributed by atoms with Crippen molar-refractivity contribution < 1.29 is 5.11 Å². The first-order chi connectivity index (χ1) is 13.5. The van der Waals surface area contributed by atoms with Crippen molar-refractivity contribution in [1.82, 2.24) is 19.8 Å². The van der Waals surface area contributed by atoms with Crippen molar-refractivity contribution in [1.29, 1.82) is 0 Å². The molecule has 146 valence electrons. The van der Waals surface area contributed by atoms with Gasteiger partial charge >= 0.3 is 0 Å². The Hall–Kier alpha value is -2.70. The van der Waals surface area contributed by atoms with E-state index in [1.54, 1.807) is 6.33 Å². The van der Waals surface area contributed by atoms with E-state index in [2.05, 4.69) is 37.8 Å². The van der Waals surface area contributed by atoms with Crippen molar-refractivity contribution in [2.75, 3.05) is 45.2 Å². The van der Waals surface area contributed by atoms with Crippen molar-refractivity contribution >= 4 is 22.4 Å². The van der Waals surface area contributed by atoms with Crippen molar-refractivity contribution in [3.63, 3.8) is 0 Å². The Balaban J connectivity index is 1.66. The molecule has 0 atom stereocenters. The van der Waals surface area contributed by atoms with Crippen LogP contribution in [0.2, 0.25) is 0 Å². The number of hydrogen-bond donors (Lipinski definition) is 1. The number of phenols is 1. The van der Waals surface area contributed by atoms with Gasteiger partial charge in [0.15, 0.2) is 0 Å². The molecule has 1 aliphatic rings. The first-order valence-corrected chi connectivity index (χ1v) is 9.70. The van der Waals surface area contributed by atoms with E-state index in [0.29, 0.717) is 5.75 Å². The predicted molar refractivity (Wildman–Crippen MR) is 113 cm³/mol. The molecule has 0 saturated carbocycles. The molecular weight excluding hydrogens is 350 g/mol. The van der Waals surface area contributed by atoms with Crippen LogP contribution in [0.3, 0.4) is 0 Å². The van der Waals surface area contributed by atoms with Crippen LogP contribution in [-0.4, -0.2) is 65.1 Å². The van der Waals surface area contributed by atoms with Crippen molar-refractivity contribution in [2.24, 2.45) is 0 Å². The van der Waals surface area contributed by atoms with Gasteiger partial charge in [0.05, 0.1) is 5.52 Å². The number of hydrogen-bond acceptors (Lipinski definition) is 6. The Morgan fingerprint density at radius 1 is 1.07 bits per heavy atom. The van der Waals surface area contributed by atoms with E-state index < -0.39 is 0 Å². The highest BCUT2D eigenvalue weighted by Gasteiger charge is 2.18. The van der Waals surface area contributed by atoms with Crippen LogP contribution in [0.25, 0.3) is 10.9 Å². The van der Waals surface area contributed by atoms with Crippen LogP contribution in [0.15, 0.2) is 42.7 Å². The van der Waals surface area contributed by atoms with Gasteiger partial charge in [-0.2, -0.15) is 0 Å². The number of fused-ring (bicyclic) bond motifs is 1. The topological polar surface area (TPSA) is 55.7 Å². The second kappa shape index (κ2) is 7.73. The number of nitrogens with zero attached hydrogens (tertiary/aromatic N) is 5. The van der Waals surface area contributed by atoms with Gasteiger partial charge in [0.2, 0.25) is 0 Å². The second-order valence-corrected chi connectivity index (χ2v) is 7.62. The van der Waals surface area contributed by atoms with Gasteiger partial charge in [-0.1, -0.05) is 12.1 Å². The molecule has 0 unspecified atom stereocenters. The predicted octanol–water partition coefficient (Wildman–Crippen LogP) is 3.16. The molecule has 1 fully saturated rings. The smallest absolute Gasteiger partial charge is 0.144 e. The fraction of sp³-hybridized carbons (Fsp3) is 0.364. The largest absolute Gasteiger partial charge is 0.507 e. The third kappa shape index (κ3) is 3.66. The Morgan fingerprint density at radius 2 is 1.82 bits per heavy atom. The van der Waals surface area contributed by atoms with Gasteiger partial charge in [0.25, 0.3) is 0 Å². The molecule has 2 heterocycles. The summed E-state index contributed by atoms with van der Waals surface area (Å²) >= 11 is 0. The number of phenolic OH excluding ortho intramolecular Hbond substituents is 1. The monoisotopic (exact) mass is 377 g/mol. The average Bonchev–Trinajstić information content (AvgIpc) is 2.72. The van der Waals surface area contributed by atoms with Crippen molar-refractivity contribution in [2.45, 2.75) is 13.5 Å². The lowest BCUT2D eigenvalue weighted by Crippen LogP contribution is -2.43. The number of rotatable bonds is 4. The maximum absolute atomic E-state index is 10.6. The first kappa shape index (κ1) is 18.7. The molecule has 4 rings (SSSR count). The third-order valence-electron chi connectivity index (χ3n) is 5.58. The summed E-state index contributed by atoms with van der Waals surface area (Å²) in [6.45, 7) is 6.88. The number of anilines is 2. The molecule has 2 aromatic carbocycles. The molecule has 1 aliphatic heterocycles. The van der Waals surface area contributed by atoms with Gasteiger partial charge in [0.1, 0.15) is 17.9 Å². The maximum atomic E-state index is 10.6. The van der Waals surface area contributed by atoms with Crippen LogP contribution < -0.4 is 4.90 Å². The lowest BCUT2D eigenvalue weighted by molar-refractivity contribution is 0.147. The quantitative estimate of drug-likeness (QED) is 0.754. The zero-order chi connectivity index (χ0) is 19.7. The van der Waals surface area contributed by atoms with E-state index in [4.69, 9.17) is 0 Å². The van der Waals surface area contributed by atoms with Crippen LogP contribution in [-0.2, 0) is 6.54 Å².